The zero-order chi connectivity index (χ0) is 60.3. The second-order valence-electron chi connectivity index (χ2n) is 20.2. The summed E-state index contributed by atoms with van der Waals surface area (Å²) in [7, 11) is 1.71. The van der Waals surface area contributed by atoms with Gasteiger partial charge in [-0.15, -0.1) is 0 Å². The molecule has 10 aromatic rings. The Hall–Kier alpha value is -11.3. The van der Waals surface area contributed by atoms with Crippen LogP contribution < -0.4 is 31.3 Å². The highest BCUT2D eigenvalue weighted by Gasteiger charge is 2.19. The van der Waals surface area contributed by atoms with Gasteiger partial charge in [-0.1, -0.05) is 54.6 Å². The maximum Gasteiger partial charge on any atom is 0.261 e. The van der Waals surface area contributed by atoms with Gasteiger partial charge in [-0.2, -0.15) is 10.5 Å². The summed E-state index contributed by atoms with van der Waals surface area (Å²) in [5.74, 6) is -0.537. The average Bonchev–Trinajstić information content (AvgIpc) is 2.32. The number of likely N-dealkylation sites (N-methyl/N-ethyl adjacent to an activating group) is 2. The van der Waals surface area contributed by atoms with Crippen LogP contribution in [0.25, 0.3) is 44.3 Å². The van der Waals surface area contributed by atoms with Gasteiger partial charge in [0.25, 0.3) is 15.9 Å². The largest absolute Gasteiger partial charge is 0.360 e. The van der Waals surface area contributed by atoms with Gasteiger partial charge < -0.3 is 41.5 Å². The van der Waals surface area contributed by atoms with E-state index in [1.807, 2.05) is 92.5 Å². The van der Waals surface area contributed by atoms with E-state index in [2.05, 4.69) is 68.4 Å². The lowest BCUT2D eigenvalue weighted by molar-refractivity contribution is -0.112. The van der Waals surface area contributed by atoms with E-state index in [0.717, 1.165) is 38.5 Å². The van der Waals surface area contributed by atoms with Crippen LogP contribution in [-0.4, -0.2) is 100 Å². The van der Waals surface area contributed by atoms with Crippen molar-refractivity contribution >= 4 is 95.6 Å². The fraction of sp³-hybridized carbons (Fsp3) is 0.109. The van der Waals surface area contributed by atoms with Crippen molar-refractivity contribution in [3.05, 3.63) is 210 Å². The maximum absolute atomic E-state index is 13.5. The Balaban J connectivity index is 0.707. The normalized spacial score (nSPS) is 11.5. The Morgan fingerprint density at radius 3 is 1.81 bits per heavy atom. The summed E-state index contributed by atoms with van der Waals surface area (Å²) < 4.78 is 29.6. The van der Waals surface area contributed by atoms with Crippen molar-refractivity contribution in [3.63, 3.8) is 0 Å². The summed E-state index contributed by atoms with van der Waals surface area (Å²) in [4.78, 5) is 67.1. The van der Waals surface area contributed by atoms with Gasteiger partial charge in [-0.25, -0.2) is 28.4 Å². The molecule has 4 heterocycles. The van der Waals surface area contributed by atoms with Crippen LogP contribution in [0, 0.1) is 29.6 Å². The van der Waals surface area contributed by atoms with Crippen LogP contribution >= 0.6 is 0 Å². The van der Waals surface area contributed by atoms with Crippen LogP contribution in [0.3, 0.4) is 0 Å². The molecule has 10 rings (SSSR count). The zero-order valence-corrected chi connectivity index (χ0v) is 47.8. The molecule has 0 unspecified atom stereocenters. The number of anilines is 8. The molecule has 6 aromatic carbocycles. The van der Waals surface area contributed by atoms with Gasteiger partial charge in [0.15, 0.2) is 0 Å². The molecule has 0 aliphatic rings. The number of nitrogens with one attached hydrogen (secondary N) is 8. The van der Waals surface area contributed by atoms with Crippen molar-refractivity contribution in [3.8, 4) is 34.7 Å². The lowest BCUT2D eigenvalue weighted by Crippen LogP contribution is -2.18. The molecule has 4 aromatic heterocycles. The highest BCUT2D eigenvalue weighted by atomic mass is 32.2. The number of aromatic amines is 2. The van der Waals surface area contributed by atoms with Crippen LogP contribution in [-0.2, 0) is 26.2 Å². The van der Waals surface area contributed by atoms with E-state index in [1.165, 1.54) is 48.8 Å². The lowest BCUT2D eigenvalue weighted by Gasteiger charge is -2.14. The molecule has 0 spiro atoms. The lowest BCUT2D eigenvalue weighted by atomic mass is 10.0. The number of H-pyrrole nitrogens is 2. The molecule has 0 bridgehead atoms. The summed E-state index contributed by atoms with van der Waals surface area (Å²) >= 11 is 0. The molecular formula is C64H56N16O5S. The Bertz CT molecular complexity index is 4470. The van der Waals surface area contributed by atoms with Crippen LogP contribution in [0.2, 0.25) is 0 Å². The van der Waals surface area contributed by atoms with Crippen molar-refractivity contribution < 1.29 is 22.8 Å². The van der Waals surface area contributed by atoms with Gasteiger partial charge in [0.05, 0.1) is 45.5 Å². The van der Waals surface area contributed by atoms with Gasteiger partial charge in [0, 0.05) is 111 Å². The summed E-state index contributed by atoms with van der Waals surface area (Å²) in [6.45, 7) is 3.50. The monoisotopic (exact) mass is 1160 g/mol. The molecule has 428 valence electrons. The van der Waals surface area contributed by atoms with Crippen molar-refractivity contribution in [1.82, 2.24) is 39.7 Å². The molecule has 86 heavy (non-hydrogen) atoms. The van der Waals surface area contributed by atoms with Crippen LogP contribution in [0.4, 0.5) is 46.0 Å². The molecule has 3 amide bonds. The third-order valence-electron chi connectivity index (χ3n) is 13.5. The Morgan fingerprint density at radius 2 is 1.17 bits per heavy atom. The molecule has 0 atom stereocenters. The number of nitriles is 2. The van der Waals surface area contributed by atoms with E-state index in [1.54, 1.807) is 79.1 Å². The van der Waals surface area contributed by atoms with E-state index in [9.17, 15) is 33.3 Å². The molecule has 21 nitrogen and oxygen atoms in total. The topological polar surface area (TPSA) is 295 Å². The number of fused-ring (bicyclic) bond motifs is 2. The summed E-state index contributed by atoms with van der Waals surface area (Å²) in [6.07, 6.45) is 12.9. The summed E-state index contributed by atoms with van der Waals surface area (Å²) in [5, 5.41) is 36.5. The molecular weight excluding hydrogens is 1100 g/mol. The number of aryl methyl sites for hydroxylation is 1. The SMILES string of the molecule is Cc1ccc(Nc2ncc(C#N)c(-c3c[nH]c4cc(CN(C)C/C=C/C(=O)Nc5ccc(S(=O)(=O)Nc6cccc(Nc7ncc(C#N)c(-c8c[nH]c9ccccc89)n7)c6)cc5)ccc34)n2)cc1NC(=O)c1ccc(NC(=O)/C=C/CN(C)C)cc1. The molecule has 22 heteroatoms. The van der Waals surface area contributed by atoms with Gasteiger partial charge >= 0.3 is 0 Å². The maximum atomic E-state index is 13.5. The minimum atomic E-state index is -4.04. The van der Waals surface area contributed by atoms with Crippen molar-refractivity contribution in [2.24, 2.45) is 0 Å². The number of benzene rings is 6. The number of hydrogen-bond donors (Lipinski definition) is 8. The molecule has 0 aliphatic carbocycles. The summed E-state index contributed by atoms with van der Waals surface area (Å²) in [6, 6.07) is 42.5. The first-order chi connectivity index (χ1) is 41.6. The number of sulfonamides is 1. The van der Waals surface area contributed by atoms with Crippen molar-refractivity contribution in [2.45, 2.75) is 18.4 Å². The van der Waals surface area contributed by atoms with Gasteiger partial charge in [-0.05, 0) is 130 Å². The second kappa shape index (κ2) is 25.9. The summed E-state index contributed by atoms with van der Waals surface area (Å²) in [5.41, 5.74) is 9.75. The number of hydrogen-bond acceptors (Lipinski definition) is 15. The van der Waals surface area contributed by atoms with Crippen molar-refractivity contribution in [2.75, 3.05) is 65.5 Å². The quantitative estimate of drug-likeness (QED) is 0.0310. The van der Waals surface area contributed by atoms with E-state index < -0.39 is 15.9 Å². The number of para-hydroxylation sites is 1. The second-order valence-corrected chi connectivity index (χ2v) is 21.9. The van der Waals surface area contributed by atoms with Gasteiger partial charge in [-0.3, -0.25) is 24.0 Å². The van der Waals surface area contributed by atoms with Crippen molar-refractivity contribution in [1.29, 1.82) is 10.5 Å². The molecule has 0 saturated carbocycles. The first-order valence-corrected chi connectivity index (χ1v) is 28.3. The molecule has 8 N–H and O–H groups in total. The van der Waals surface area contributed by atoms with E-state index in [-0.39, 0.29) is 39.9 Å². The minimum absolute atomic E-state index is 0.0180. The van der Waals surface area contributed by atoms with E-state index in [4.69, 9.17) is 4.98 Å². The number of carbonyl (C=O) groups is 3. The average molecular weight is 1160 g/mol. The third-order valence-corrected chi connectivity index (χ3v) is 14.9. The highest BCUT2D eigenvalue weighted by Crippen LogP contribution is 2.34. The van der Waals surface area contributed by atoms with Crippen LogP contribution in [0.5, 0.6) is 0 Å². The molecule has 0 fully saturated rings. The molecule has 0 radical (unpaired) electrons. The predicted molar refractivity (Wildman–Crippen MR) is 334 cm³/mol. The van der Waals surface area contributed by atoms with Crippen LogP contribution in [0.1, 0.15) is 32.6 Å². The zero-order valence-electron chi connectivity index (χ0n) is 47.0. The first-order valence-electron chi connectivity index (χ1n) is 26.9. The standard InChI is InChI=1S/C64H56N16O5S/c1-40-16-20-48(32-56(40)75-62(83)42-18-21-45(22-19-42)71-58(81)14-8-28-79(2)3)74-64-70-36-44(34-66)61(77-64)54-38-68-57-30-41(17-27-52(54)57)39-80(4)29-9-15-59(82)72-46-23-25-50(26-24-46)86(84,85)78-49-11-7-10-47(31-49)73-63-69-35-43(33-65)60(76-63)53-37-67-55-13-6-5-12-51(53)55/h5-27,30-32,35-38,67-68,78H,28-29,39H2,1-4H3,(H,71,81)(H,72,82)(H,75,83)(H,69,73,76)(H,70,74,77)/b14-8+,15-9+. The third kappa shape index (κ3) is 14.1. The highest BCUT2D eigenvalue weighted by molar-refractivity contribution is 7.92. The number of nitrogens with zero attached hydrogens (tertiary/aromatic N) is 8. The number of amides is 3. The van der Waals surface area contributed by atoms with Gasteiger partial charge in [0.1, 0.15) is 12.1 Å². The fourth-order valence-corrected chi connectivity index (χ4v) is 10.3. The first kappa shape index (κ1) is 57.9. The van der Waals surface area contributed by atoms with Gasteiger partial charge in [0.2, 0.25) is 23.7 Å². The fourth-order valence-electron chi connectivity index (χ4n) is 9.23. The van der Waals surface area contributed by atoms with Crippen LogP contribution in [0.15, 0.2) is 187 Å². The molecule has 0 aliphatic heterocycles. The number of aromatic nitrogens is 6. The van der Waals surface area contributed by atoms with E-state index in [0.29, 0.717) is 76.1 Å². The Labute approximate surface area is 495 Å². The Kier molecular flexibility index (Phi) is 17.4. The molecule has 0 saturated heterocycles. The predicted octanol–water partition coefficient (Wildman–Crippen LogP) is 10.8. The minimum Gasteiger partial charge on any atom is -0.360 e. The van der Waals surface area contributed by atoms with E-state index >= 15 is 0 Å². The smallest absolute Gasteiger partial charge is 0.261 e. The number of carbonyl (C=O) groups excluding carboxylic acids is 3. The number of rotatable bonds is 21. The Morgan fingerprint density at radius 1 is 0.605 bits per heavy atom.